The first-order valence-corrected chi connectivity index (χ1v) is 9.03. The molecule has 4 atom stereocenters. The predicted molar refractivity (Wildman–Crippen MR) is 90.3 cm³/mol. The largest absolute Gasteiger partial charge is 0.240 e. The molecule has 4 unspecified atom stereocenters. The Morgan fingerprint density at radius 3 is 2.68 bits per heavy atom. The maximum Gasteiger partial charge on any atom is 0.104 e. The van der Waals surface area contributed by atoms with E-state index < -0.39 is 0 Å². The van der Waals surface area contributed by atoms with Crippen LogP contribution in [0.5, 0.6) is 0 Å². The van der Waals surface area contributed by atoms with E-state index in [1.807, 2.05) is 0 Å². The molecule has 1 fully saturated rings. The second kappa shape index (κ2) is 5.79. The number of hydrogen-bond donors (Lipinski definition) is 0. The first-order valence-electron chi connectivity index (χ1n) is 9.03. The number of hydrogen-bond acceptors (Lipinski definition) is 2. The SMILES string of the molecule is COOC1(C)CCCC2(C)C3CCC(C(C)C)=CC3=CCC12. The number of fused-ring (bicyclic) bond motifs is 3. The van der Waals surface area contributed by atoms with Crippen molar-refractivity contribution < 1.29 is 9.78 Å². The maximum atomic E-state index is 5.80. The van der Waals surface area contributed by atoms with Gasteiger partial charge < -0.3 is 0 Å². The van der Waals surface area contributed by atoms with Gasteiger partial charge in [-0.2, -0.15) is 0 Å². The molecule has 0 saturated heterocycles. The van der Waals surface area contributed by atoms with Crippen LogP contribution < -0.4 is 0 Å². The summed E-state index contributed by atoms with van der Waals surface area (Å²) in [6.07, 6.45) is 12.4. The van der Waals surface area contributed by atoms with Crippen LogP contribution in [0.25, 0.3) is 0 Å². The van der Waals surface area contributed by atoms with E-state index in [2.05, 4.69) is 39.8 Å². The lowest BCUT2D eigenvalue weighted by Gasteiger charge is -2.57. The first kappa shape index (κ1) is 16.3. The fourth-order valence-corrected chi connectivity index (χ4v) is 5.58. The van der Waals surface area contributed by atoms with Gasteiger partial charge in [0.2, 0.25) is 0 Å². The van der Waals surface area contributed by atoms with Crippen molar-refractivity contribution in [2.75, 3.05) is 7.11 Å². The highest BCUT2D eigenvalue weighted by Gasteiger charge is 2.55. The Kier molecular flexibility index (Phi) is 4.28. The quantitative estimate of drug-likeness (QED) is 0.509. The highest BCUT2D eigenvalue weighted by atomic mass is 17.2. The van der Waals surface area contributed by atoms with Crippen LogP contribution in [0.1, 0.15) is 66.2 Å². The first-order chi connectivity index (χ1) is 10.4. The number of rotatable bonds is 3. The molecular formula is C20H32O2. The molecule has 0 aromatic carbocycles. The van der Waals surface area contributed by atoms with Gasteiger partial charge in [-0.1, -0.05) is 38.5 Å². The summed E-state index contributed by atoms with van der Waals surface area (Å²) in [7, 11) is 1.65. The van der Waals surface area contributed by atoms with E-state index in [0.717, 1.165) is 12.8 Å². The fourth-order valence-electron chi connectivity index (χ4n) is 5.58. The molecule has 1 saturated carbocycles. The van der Waals surface area contributed by atoms with Crippen LogP contribution in [0.4, 0.5) is 0 Å². The van der Waals surface area contributed by atoms with E-state index >= 15 is 0 Å². The molecule has 0 bridgehead atoms. The van der Waals surface area contributed by atoms with Crippen LogP contribution in [-0.2, 0) is 9.78 Å². The lowest BCUT2D eigenvalue weighted by molar-refractivity contribution is -0.369. The van der Waals surface area contributed by atoms with E-state index in [9.17, 15) is 0 Å². The fraction of sp³-hybridized carbons (Fsp3) is 0.800. The Balaban J connectivity index is 1.94. The molecular weight excluding hydrogens is 272 g/mol. The normalized spacial score (nSPS) is 41.5. The van der Waals surface area contributed by atoms with Crippen LogP contribution in [0, 0.1) is 23.2 Å². The summed E-state index contributed by atoms with van der Waals surface area (Å²) in [4.78, 5) is 10.9. The molecule has 0 N–H and O–H groups in total. The van der Waals surface area contributed by atoms with Crippen LogP contribution in [0.15, 0.2) is 23.3 Å². The molecule has 124 valence electrons. The minimum absolute atomic E-state index is 0.133. The molecule has 0 radical (unpaired) electrons. The van der Waals surface area contributed by atoms with Gasteiger partial charge in [0.1, 0.15) is 5.60 Å². The summed E-state index contributed by atoms with van der Waals surface area (Å²) in [5.41, 5.74) is 3.46. The zero-order chi connectivity index (χ0) is 16.0. The molecule has 22 heavy (non-hydrogen) atoms. The Morgan fingerprint density at radius 2 is 2.00 bits per heavy atom. The van der Waals surface area contributed by atoms with Gasteiger partial charge in [-0.05, 0) is 68.3 Å². The van der Waals surface area contributed by atoms with Crippen molar-refractivity contribution in [1.82, 2.24) is 0 Å². The van der Waals surface area contributed by atoms with E-state index in [4.69, 9.17) is 9.78 Å². The molecule has 3 rings (SSSR count). The van der Waals surface area contributed by atoms with Crippen molar-refractivity contribution >= 4 is 0 Å². The molecule has 2 nitrogen and oxygen atoms in total. The molecule has 2 heteroatoms. The molecule has 0 heterocycles. The second-order valence-corrected chi connectivity index (χ2v) is 8.38. The van der Waals surface area contributed by atoms with E-state index in [-0.39, 0.29) is 5.60 Å². The molecule has 0 amide bonds. The van der Waals surface area contributed by atoms with Crippen LogP contribution in [0.3, 0.4) is 0 Å². The van der Waals surface area contributed by atoms with Crippen molar-refractivity contribution in [3.8, 4) is 0 Å². The highest BCUT2D eigenvalue weighted by Crippen LogP contribution is 2.60. The minimum atomic E-state index is -0.133. The van der Waals surface area contributed by atoms with Gasteiger partial charge in [-0.15, -0.1) is 0 Å². The monoisotopic (exact) mass is 304 g/mol. The van der Waals surface area contributed by atoms with Gasteiger partial charge in [-0.3, -0.25) is 0 Å². The van der Waals surface area contributed by atoms with Crippen molar-refractivity contribution in [3.05, 3.63) is 23.3 Å². The average molecular weight is 304 g/mol. The Hall–Kier alpha value is -0.600. The van der Waals surface area contributed by atoms with Gasteiger partial charge in [-0.25, -0.2) is 9.78 Å². The highest BCUT2D eigenvalue weighted by molar-refractivity contribution is 5.35. The van der Waals surface area contributed by atoms with Gasteiger partial charge >= 0.3 is 0 Å². The molecule has 3 aliphatic rings. The van der Waals surface area contributed by atoms with Crippen LogP contribution in [-0.4, -0.2) is 12.7 Å². The molecule has 0 aromatic rings. The lowest BCUT2D eigenvalue weighted by atomic mass is 9.50. The standard InChI is InChI=1S/C20H32O2/c1-14(2)15-7-9-17-16(13-15)8-10-18-19(17,3)11-6-12-20(18,4)22-21-5/h8,13-14,17-18H,6-7,9-12H2,1-5H3. The summed E-state index contributed by atoms with van der Waals surface area (Å²) in [5, 5.41) is 0. The molecule has 0 spiro atoms. The zero-order valence-corrected chi connectivity index (χ0v) is 14.9. The third-order valence-electron chi connectivity index (χ3n) is 6.80. The van der Waals surface area contributed by atoms with Gasteiger partial charge in [0.15, 0.2) is 0 Å². The summed E-state index contributed by atoms with van der Waals surface area (Å²) in [6, 6.07) is 0. The van der Waals surface area contributed by atoms with Crippen LogP contribution in [0.2, 0.25) is 0 Å². The third kappa shape index (κ3) is 2.49. The maximum absolute atomic E-state index is 5.80. The molecule has 0 aliphatic heterocycles. The van der Waals surface area contributed by atoms with Crippen LogP contribution >= 0.6 is 0 Å². The predicted octanol–water partition coefficient (Wildman–Crippen LogP) is 5.45. The topological polar surface area (TPSA) is 18.5 Å². The number of allylic oxidation sites excluding steroid dienone is 4. The molecule has 0 aromatic heterocycles. The smallest absolute Gasteiger partial charge is 0.104 e. The van der Waals surface area contributed by atoms with Gasteiger partial charge in [0, 0.05) is 5.92 Å². The Morgan fingerprint density at radius 1 is 1.23 bits per heavy atom. The molecule has 3 aliphatic carbocycles. The second-order valence-electron chi connectivity index (χ2n) is 8.38. The Labute approximate surface area is 135 Å². The average Bonchev–Trinajstić information content (AvgIpc) is 2.46. The summed E-state index contributed by atoms with van der Waals surface area (Å²) < 4.78 is 0. The van der Waals surface area contributed by atoms with Gasteiger partial charge in [0.05, 0.1) is 7.11 Å². The van der Waals surface area contributed by atoms with E-state index in [1.165, 1.54) is 25.7 Å². The lowest BCUT2D eigenvalue weighted by Crippen LogP contribution is -2.54. The van der Waals surface area contributed by atoms with Crippen molar-refractivity contribution in [1.29, 1.82) is 0 Å². The van der Waals surface area contributed by atoms with E-state index in [0.29, 0.717) is 23.2 Å². The van der Waals surface area contributed by atoms with Gasteiger partial charge in [0.25, 0.3) is 0 Å². The zero-order valence-electron chi connectivity index (χ0n) is 14.9. The third-order valence-corrected chi connectivity index (χ3v) is 6.80. The summed E-state index contributed by atoms with van der Waals surface area (Å²) in [6.45, 7) is 9.42. The summed E-state index contributed by atoms with van der Waals surface area (Å²) >= 11 is 0. The van der Waals surface area contributed by atoms with Crippen molar-refractivity contribution in [2.45, 2.75) is 71.8 Å². The van der Waals surface area contributed by atoms with Crippen molar-refractivity contribution in [2.24, 2.45) is 23.2 Å². The summed E-state index contributed by atoms with van der Waals surface area (Å²) in [5.74, 6) is 1.95. The minimum Gasteiger partial charge on any atom is -0.240 e. The van der Waals surface area contributed by atoms with E-state index in [1.54, 1.807) is 18.3 Å². The van der Waals surface area contributed by atoms with Crippen molar-refractivity contribution in [3.63, 3.8) is 0 Å². The Bertz CT molecular complexity index is 486.